The summed E-state index contributed by atoms with van der Waals surface area (Å²) in [5.41, 5.74) is 0.746. The van der Waals surface area contributed by atoms with Crippen molar-refractivity contribution in [1.82, 2.24) is 4.98 Å². The number of aryl methyl sites for hydroxylation is 1. The minimum atomic E-state index is -0.383. The first-order chi connectivity index (χ1) is 9.54. The Morgan fingerprint density at radius 2 is 2.25 bits per heavy atom. The Kier molecular flexibility index (Phi) is 3.36. The van der Waals surface area contributed by atoms with Gasteiger partial charge in [-0.05, 0) is 56.9 Å². The van der Waals surface area contributed by atoms with E-state index in [9.17, 15) is 10.1 Å². The summed E-state index contributed by atoms with van der Waals surface area (Å²) in [5.74, 6) is 3.27. The smallest absolute Gasteiger partial charge is 0.290 e. The molecule has 1 N–H and O–H groups in total. The molecule has 0 aliphatic heterocycles. The van der Waals surface area contributed by atoms with Gasteiger partial charge in [0, 0.05) is 11.6 Å². The summed E-state index contributed by atoms with van der Waals surface area (Å²) in [7, 11) is 0. The molecule has 3 rings (SSSR count). The van der Waals surface area contributed by atoms with Gasteiger partial charge in [-0.2, -0.15) is 0 Å². The van der Waals surface area contributed by atoms with E-state index in [4.69, 9.17) is 0 Å². The Labute approximate surface area is 118 Å². The topological polar surface area (TPSA) is 68.1 Å². The molecule has 1 heterocycles. The maximum Gasteiger partial charge on any atom is 0.290 e. The molecule has 2 saturated carbocycles. The third-order valence-electron chi connectivity index (χ3n) is 5.09. The van der Waals surface area contributed by atoms with Crippen molar-refractivity contribution >= 4 is 11.5 Å². The molecule has 0 saturated heterocycles. The number of nitro groups is 1. The number of aromatic nitrogens is 1. The van der Waals surface area contributed by atoms with E-state index in [0.717, 1.165) is 23.6 Å². The van der Waals surface area contributed by atoms with Gasteiger partial charge in [0.25, 0.3) is 5.69 Å². The SMILES string of the molecule is Cc1cc(NC(C)C2CC3CCC2C3)ncc1[N+](=O)[O-]. The highest BCUT2D eigenvalue weighted by Crippen LogP contribution is 2.49. The Hall–Kier alpha value is -1.65. The van der Waals surface area contributed by atoms with Crippen LogP contribution in [0.3, 0.4) is 0 Å². The first-order valence-electron chi connectivity index (χ1n) is 7.42. The molecule has 1 aromatic rings. The first-order valence-corrected chi connectivity index (χ1v) is 7.42. The maximum atomic E-state index is 10.8. The number of pyridine rings is 1. The molecule has 0 radical (unpaired) electrons. The van der Waals surface area contributed by atoms with Gasteiger partial charge in [0.2, 0.25) is 0 Å². The lowest BCUT2D eigenvalue weighted by Gasteiger charge is -2.28. The molecule has 108 valence electrons. The predicted octanol–water partition coefficient (Wildman–Crippen LogP) is 3.53. The fraction of sp³-hybridized carbons (Fsp3) is 0.667. The fourth-order valence-corrected chi connectivity index (χ4v) is 4.07. The molecule has 5 heteroatoms. The summed E-state index contributed by atoms with van der Waals surface area (Å²) >= 11 is 0. The van der Waals surface area contributed by atoms with Gasteiger partial charge in [-0.25, -0.2) is 4.98 Å². The Balaban J connectivity index is 1.68. The van der Waals surface area contributed by atoms with Crippen molar-refractivity contribution in [3.8, 4) is 0 Å². The van der Waals surface area contributed by atoms with Crippen LogP contribution in [-0.4, -0.2) is 15.9 Å². The highest BCUT2D eigenvalue weighted by Gasteiger charge is 2.41. The third-order valence-corrected chi connectivity index (χ3v) is 5.09. The van der Waals surface area contributed by atoms with Crippen molar-refractivity contribution in [1.29, 1.82) is 0 Å². The standard InChI is InChI=1S/C15H21N3O2/c1-9-5-15(16-8-14(9)18(19)20)17-10(2)13-7-11-3-4-12(13)6-11/h5,8,10-13H,3-4,6-7H2,1-2H3,(H,16,17). The molecule has 2 aliphatic rings. The van der Waals surface area contributed by atoms with Gasteiger partial charge in [0.05, 0.1) is 4.92 Å². The van der Waals surface area contributed by atoms with Crippen molar-refractivity contribution in [2.75, 3.05) is 5.32 Å². The summed E-state index contributed by atoms with van der Waals surface area (Å²) in [6.07, 6.45) is 6.84. The van der Waals surface area contributed by atoms with E-state index >= 15 is 0 Å². The highest BCUT2D eigenvalue weighted by atomic mass is 16.6. The van der Waals surface area contributed by atoms with E-state index in [-0.39, 0.29) is 10.6 Å². The molecule has 5 nitrogen and oxygen atoms in total. The second-order valence-electron chi connectivity index (χ2n) is 6.38. The number of hydrogen-bond donors (Lipinski definition) is 1. The number of anilines is 1. The molecule has 0 aromatic carbocycles. The van der Waals surface area contributed by atoms with Crippen molar-refractivity contribution in [3.05, 3.63) is 27.9 Å². The first kappa shape index (κ1) is 13.3. The van der Waals surface area contributed by atoms with Crippen LogP contribution in [0.2, 0.25) is 0 Å². The van der Waals surface area contributed by atoms with Crippen LogP contribution in [-0.2, 0) is 0 Å². The number of hydrogen-bond acceptors (Lipinski definition) is 4. The highest BCUT2D eigenvalue weighted by molar-refractivity contribution is 5.47. The molecular formula is C15H21N3O2. The summed E-state index contributed by atoms with van der Waals surface area (Å²) < 4.78 is 0. The zero-order chi connectivity index (χ0) is 14.3. The summed E-state index contributed by atoms with van der Waals surface area (Å²) in [6.45, 7) is 3.97. The molecule has 2 aliphatic carbocycles. The van der Waals surface area contributed by atoms with Gasteiger partial charge in [-0.3, -0.25) is 10.1 Å². The van der Waals surface area contributed by atoms with Crippen LogP contribution in [0.5, 0.6) is 0 Å². The number of fused-ring (bicyclic) bond motifs is 2. The van der Waals surface area contributed by atoms with Gasteiger partial charge in [-0.1, -0.05) is 6.42 Å². The lowest BCUT2D eigenvalue weighted by molar-refractivity contribution is -0.385. The van der Waals surface area contributed by atoms with Crippen LogP contribution >= 0.6 is 0 Å². The number of nitrogens with one attached hydrogen (secondary N) is 1. The van der Waals surface area contributed by atoms with Crippen molar-refractivity contribution in [2.45, 2.75) is 45.6 Å². The quantitative estimate of drug-likeness (QED) is 0.674. The summed E-state index contributed by atoms with van der Waals surface area (Å²) in [4.78, 5) is 14.6. The van der Waals surface area contributed by atoms with Gasteiger partial charge < -0.3 is 5.32 Å². The minimum Gasteiger partial charge on any atom is -0.367 e. The zero-order valence-electron chi connectivity index (χ0n) is 12.0. The van der Waals surface area contributed by atoms with Gasteiger partial charge in [-0.15, -0.1) is 0 Å². The second kappa shape index (κ2) is 5.04. The maximum absolute atomic E-state index is 10.8. The van der Waals surface area contributed by atoms with Gasteiger partial charge in [0.15, 0.2) is 0 Å². The van der Waals surface area contributed by atoms with Crippen LogP contribution in [0.15, 0.2) is 12.3 Å². The van der Waals surface area contributed by atoms with Crippen molar-refractivity contribution in [2.24, 2.45) is 17.8 Å². The van der Waals surface area contributed by atoms with E-state index in [1.54, 1.807) is 13.0 Å². The van der Waals surface area contributed by atoms with E-state index in [1.165, 1.54) is 31.9 Å². The van der Waals surface area contributed by atoms with Crippen LogP contribution in [0, 0.1) is 34.8 Å². The van der Waals surface area contributed by atoms with Gasteiger partial charge >= 0.3 is 0 Å². The fourth-order valence-electron chi connectivity index (χ4n) is 4.07. The van der Waals surface area contributed by atoms with Crippen LogP contribution < -0.4 is 5.32 Å². The molecule has 0 amide bonds. The van der Waals surface area contributed by atoms with E-state index < -0.39 is 0 Å². The zero-order valence-corrected chi connectivity index (χ0v) is 12.0. The third kappa shape index (κ3) is 2.37. The molecule has 1 aromatic heterocycles. The van der Waals surface area contributed by atoms with Crippen LogP contribution in [0.1, 0.15) is 38.2 Å². The molecular weight excluding hydrogens is 254 g/mol. The monoisotopic (exact) mass is 275 g/mol. The molecule has 20 heavy (non-hydrogen) atoms. The molecule has 2 fully saturated rings. The lowest BCUT2D eigenvalue weighted by Crippen LogP contribution is -2.30. The summed E-state index contributed by atoms with van der Waals surface area (Å²) in [6, 6.07) is 2.17. The molecule has 2 bridgehead atoms. The van der Waals surface area contributed by atoms with Gasteiger partial charge in [0.1, 0.15) is 12.0 Å². The molecule has 0 spiro atoms. The van der Waals surface area contributed by atoms with Crippen molar-refractivity contribution < 1.29 is 4.92 Å². The average molecular weight is 275 g/mol. The average Bonchev–Trinajstić information content (AvgIpc) is 3.00. The Bertz CT molecular complexity index is 532. The Morgan fingerprint density at radius 3 is 2.80 bits per heavy atom. The predicted molar refractivity (Wildman–Crippen MR) is 77.7 cm³/mol. The van der Waals surface area contributed by atoms with Crippen LogP contribution in [0.25, 0.3) is 0 Å². The second-order valence-corrected chi connectivity index (χ2v) is 6.38. The lowest BCUT2D eigenvalue weighted by atomic mass is 9.84. The van der Waals surface area contributed by atoms with Crippen LogP contribution in [0.4, 0.5) is 11.5 Å². The van der Waals surface area contributed by atoms with E-state index in [1.807, 2.05) is 0 Å². The van der Waals surface area contributed by atoms with E-state index in [2.05, 4.69) is 17.2 Å². The largest absolute Gasteiger partial charge is 0.367 e. The molecule has 4 atom stereocenters. The Morgan fingerprint density at radius 1 is 1.45 bits per heavy atom. The summed E-state index contributed by atoms with van der Waals surface area (Å²) in [5, 5.41) is 14.2. The van der Waals surface area contributed by atoms with Crippen molar-refractivity contribution in [3.63, 3.8) is 0 Å². The minimum absolute atomic E-state index is 0.0862. The van der Waals surface area contributed by atoms with E-state index in [0.29, 0.717) is 11.6 Å². The number of rotatable bonds is 4. The number of nitrogens with zero attached hydrogens (tertiary/aromatic N) is 2. The normalized spacial score (nSPS) is 29.4. The molecule has 4 unspecified atom stereocenters.